The number of fused-ring (bicyclic) bond motifs is 1. The van der Waals surface area contributed by atoms with Crippen molar-refractivity contribution in [2.24, 2.45) is 5.92 Å². The molecule has 1 amide bonds. The lowest BCUT2D eigenvalue weighted by Crippen LogP contribution is -2.52. The SMILES string of the molecule is CC(C)(C)c1cc(=O)n2c(n1)SCC(C(=O)N1CCN(c3ccc(F)cc3)CC1)C2. The molecule has 1 aromatic carbocycles. The van der Waals surface area contributed by atoms with E-state index in [0.29, 0.717) is 43.6 Å². The maximum Gasteiger partial charge on any atom is 0.254 e. The molecule has 30 heavy (non-hydrogen) atoms. The molecule has 1 atom stereocenters. The summed E-state index contributed by atoms with van der Waals surface area (Å²) in [5, 5.41) is 0.706. The highest BCUT2D eigenvalue weighted by Crippen LogP contribution is 2.29. The molecule has 6 nitrogen and oxygen atoms in total. The number of piperazine rings is 1. The minimum atomic E-state index is -0.248. The number of benzene rings is 1. The highest BCUT2D eigenvalue weighted by Gasteiger charge is 2.32. The van der Waals surface area contributed by atoms with Crippen molar-refractivity contribution < 1.29 is 9.18 Å². The third kappa shape index (κ3) is 4.24. The number of amides is 1. The van der Waals surface area contributed by atoms with E-state index in [0.717, 1.165) is 11.4 Å². The van der Waals surface area contributed by atoms with Gasteiger partial charge in [0.05, 0.1) is 11.6 Å². The summed E-state index contributed by atoms with van der Waals surface area (Å²) in [6.07, 6.45) is 0. The van der Waals surface area contributed by atoms with Crippen molar-refractivity contribution in [2.45, 2.75) is 37.9 Å². The van der Waals surface area contributed by atoms with Crippen LogP contribution in [0.2, 0.25) is 0 Å². The van der Waals surface area contributed by atoms with Crippen molar-refractivity contribution in [3.63, 3.8) is 0 Å². The van der Waals surface area contributed by atoms with Crippen LogP contribution in [0.4, 0.5) is 10.1 Å². The molecule has 2 aliphatic heterocycles. The topological polar surface area (TPSA) is 58.4 Å². The highest BCUT2D eigenvalue weighted by molar-refractivity contribution is 7.99. The molecular weight excluding hydrogens is 403 g/mol. The number of rotatable bonds is 2. The van der Waals surface area contributed by atoms with Crippen molar-refractivity contribution in [1.29, 1.82) is 0 Å². The third-order valence-electron chi connectivity index (χ3n) is 5.69. The van der Waals surface area contributed by atoms with E-state index in [1.165, 1.54) is 23.9 Å². The van der Waals surface area contributed by atoms with Gasteiger partial charge in [-0.1, -0.05) is 32.5 Å². The van der Waals surface area contributed by atoms with Gasteiger partial charge in [0.1, 0.15) is 5.82 Å². The van der Waals surface area contributed by atoms with Gasteiger partial charge in [0.2, 0.25) is 5.91 Å². The van der Waals surface area contributed by atoms with Gasteiger partial charge in [-0.15, -0.1) is 0 Å². The van der Waals surface area contributed by atoms with Gasteiger partial charge in [0, 0.05) is 55.6 Å². The molecule has 0 N–H and O–H groups in total. The molecule has 1 unspecified atom stereocenters. The number of carbonyl (C=O) groups is 1. The molecule has 0 radical (unpaired) electrons. The molecule has 0 bridgehead atoms. The Morgan fingerprint density at radius 2 is 1.80 bits per heavy atom. The van der Waals surface area contributed by atoms with Crippen LogP contribution < -0.4 is 10.5 Å². The summed E-state index contributed by atoms with van der Waals surface area (Å²) in [5.74, 6) is 0.261. The van der Waals surface area contributed by atoms with E-state index in [4.69, 9.17) is 0 Å². The fourth-order valence-corrected chi connectivity index (χ4v) is 4.92. The van der Waals surface area contributed by atoms with Gasteiger partial charge in [-0.2, -0.15) is 0 Å². The standard InChI is InChI=1S/C22H27FN4O2S/c1-22(2,3)18-12-19(28)27-13-15(14-30-21(27)24-18)20(29)26-10-8-25(9-11-26)17-6-4-16(23)5-7-17/h4-7,12,15H,8-11,13-14H2,1-3H3. The van der Waals surface area contributed by atoms with Crippen LogP contribution in [0.3, 0.4) is 0 Å². The molecule has 1 saturated heterocycles. The Hall–Kier alpha value is -2.35. The molecule has 160 valence electrons. The maximum absolute atomic E-state index is 13.1. The largest absolute Gasteiger partial charge is 0.368 e. The van der Waals surface area contributed by atoms with E-state index in [-0.39, 0.29) is 28.6 Å². The van der Waals surface area contributed by atoms with Crippen molar-refractivity contribution in [3.05, 3.63) is 52.2 Å². The first-order valence-electron chi connectivity index (χ1n) is 10.3. The lowest BCUT2D eigenvalue weighted by atomic mass is 9.92. The number of carbonyl (C=O) groups excluding carboxylic acids is 1. The Balaban J connectivity index is 1.41. The first kappa shape index (κ1) is 20.9. The van der Waals surface area contributed by atoms with Crippen molar-refractivity contribution in [3.8, 4) is 0 Å². The lowest BCUT2D eigenvalue weighted by molar-refractivity contribution is -0.135. The van der Waals surface area contributed by atoms with E-state index in [1.807, 2.05) is 25.7 Å². The fraction of sp³-hybridized carbons (Fsp3) is 0.500. The quantitative estimate of drug-likeness (QED) is 0.686. The van der Waals surface area contributed by atoms with E-state index in [9.17, 15) is 14.0 Å². The van der Waals surface area contributed by atoms with Crippen LogP contribution in [0.15, 0.2) is 40.3 Å². The van der Waals surface area contributed by atoms with Crippen LogP contribution in [0, 0.1) is 11.7 Å². The molecule has 1 aromatic heterocycles. The molecule has 3 heterocycles. The Kier molecular flexibility index (Phi) is 5.61. The van der Waals surface area contributed by atoms with E-state index < -0.39 is 0 Å². The van der Waals surface area contributed by atoms with E-state index >= 15 is 0 Å². The van der Waals surface area contributed by atoms with Gasteiger partial charge < -0.3 is 9.80 Å². The molecule has 1 fully saturated rings. The second-order valence-electron chi connectivity index (χ2n) is 8.92. The number of aromatic nitrogens is 2. The summed E-state index contributed by atoms with van der Waals surface area (Å²) in [5.41, 5.74) is 1.48. The van der Waals surface area contributed by atoms with Crippen molar-refractivity contribution in [2.75, 3.05) is 36.8 Å². The summed E-state index contributed by atoms with van der Waals surface area (Å²) < 4.78 is 14.8. The summed E-state index contributed by atoms with van der Waals surface area (Å²) in [4.78, 5) is 34.5. The molecule has 0 saturated carbocycles. The number of hydrogen-bond donors (Lipinski definition) is 0. The Bertz CT molecular complexity index is 992. The summed E-state index contributed by atoms with van der Waals surface area (Å²) >= 11 is 1.49. The average Bonchev–Trinajstić information content (AvgIpc) is 2.73. The highest BCUT2D eigenvalue weighted by atomic mass is 32.2. The predicted molar refractivity (Wildman–Crippen MR) is 117 cm³/mol. The minimum Gasteiger partial charge on any atom is -0.368 e. The minimum absolute atomic E-state index is 0.0870. The molecule has 0 spiro atoms. The van der Waals surface area contributed by atoms with Gasteiger partial charge in [-0.3, -0.25) is 14.2 Å². The van der Waals surface area contributed by atoms with Crippen LogP contribution in [0.5, 0.6) is 0 Å². The Labute approximate surface area is 180 Å². The zero-order valence-electron chi connectivity index (χ0n) is 17.6. The van der Waals surface area contributed by atoms with Crippen LogP contribution in [-0.2, 0) is 16.8 Å². The molecule has 8 heteroatoms. The second-order valence-corrected chi connectivity index (χ2v) is 9.91. The number of thioether (sulfide) groups is 1. The van der Waals surface area contributed by atoms with Gasteiger partial charge in [0.25, 0.3) is 5.56 Å². The second kappa shape index (κ2) is 8.06. The zero-order chi connectivity index (χ0) is 21.5. The first-order valence-corrected chi connectivity index (χ1v) is 11.3. The molecular formula is C22H27FN4O2S. The molecule has 4 rings (SSSR count). The van der Waals surface area contributed by atoms with Crippen LogP contribution >= 0.6 is 11.8 Å². The maximum atomic E-state index is 13.1. The first-order chi connectivity index (χ1) is 14.2. The summed E-state index contributed by atoms with van der Waals surface area (Å²) in [7, 11) is 0. The van der Waals surface area contributed by atoms with Crippen LogP contribution in [-0.4, -0.2) is 52.3 Å². The number of anilines is 1. The molecule has 2 aliphatic rings. The predicted octanol–water partition coefficient (Wildman–Crippen LogP) is 2.75. The summed E-state index contributed by atoms with van der Waals surface area (Å²) in [6, 6.07) is 8.05. The van der Waals surface area contributed by atoms with Gasteiger partial charge in [0.15, 0.2) is 5.16 Å². The number of nitrogens with zero attached hydrogens (tertiary/aromatic N) is 4. The van der Waals surface area contributed by atoms with Gasteiger partial charge in [-0.25, -0.2) is 9.37 Å². The lowest BCUT2D eigenvalue weighted by Gasteiger charge is -2.38. The van der Waals surface area contributed by atoms with Gasteiger partial charge in [-0.05, 0) is 24.3 Å². The fourth-order valence-electron chi connectivity index (χ4n) is 3.84. The Morgan fingerprint density at radius 1 is 1.13 bits per heavy atom. The van der Waals surface area contributed by atoms with Gasteiger partial charge >= 0.3 is 0 Å². The zero-order valence-corrected chi connectivity index (χ0v) is 18.4. The molecule has 2 aromatic rings. The third-order valence-corrected chi connectivity index (χ3v) is 6.83. The smallest absolute Gasteiger partial charge is 0.254 e. The van der Waals surface area contributed by atoms with E-state index in [1.54, 1.807) is 22.8 Å². The normalized spacial score (nSPS) is 19.5. The van der Waals surface area contributed by atoms with Crippen LogP contribution in [0.1, 0.15) is 26.5 Å². The summed E-state index contributed by atoms with van der Waals surface area (Å²) in [6.45, 7) is 9.18. The average molecular weight is 431 g/mol. The number of hydrogen-bond acceptors (Lipinski definition) is 5. The Morgan fingerprint density at radius 3 is 2.43 bits per heavy atom. The monoisotopic (exact) mass is 430 g/mol. The van der Waals surface area contributed by atoms with Crippen molar-refractivity contribution >= 4 is 23.4 Å². The van der Waals surface area contributed by atoms with E-state index in [2.05, 4.69) is 9.88 Å². The number of halogens is 1. The van der Waals surface area contributed by atoms with Crippen molar-refractivity contribution in [1.82, 2.24) is 14.5 Å². The molecule has 0 aliphatic carbocycles. The van der Waals surface area contributed by atoms with Crippen LogP contribution in [0.25, 0.3) is 0 Å².